The molecule has 39 heavy (non-hydrogen) atoms. The van der Waals surface area contributed by atoms with Gasteiger partial charge in [0, 0.05) is 49.5 Å². The molecule has 10 nitrogen and oxygen atoms in total. The summed E-state index contributed by atoms with van der Waals surface area (Å²) in [7, 11) is 0. The fourth-order valence-electron chi connectivity index (χ4n) is 5.28. The molecule has 2 aliphatic heterocycles. The predicted octanol–water partition coefficient (Wildman–Crippen LogP) is 4.72. The van der Waals surface area contributed by atoms with Crippen LogP contribution in [0.5, 0.6) is 11.5 Å². The Bertz CT molecular complexity index is 1570. The van der Waals surface area contributed by atoms with Crippen LogP contribution in [0.15, 0.2) is 36.7 Å². The summed E-state index contributed by atoms with van der Waals surface area (Å²) in [6, 6.07) is 7.47. The minimum Gasteiger partial charge on any atom is -0.453 e. The van der Waals surface area contributed by atoms with E-state index in [1.807, 2.05) is 10.9 Å². The number of carbonyl (C=O) groups excluding carboxylic acids is 1. The number of benzene rings is 1. The van der Waals surface area contributed by atoms with Crippen LogP contribution in [0.2, 0.25) is 0 Å². The van der Waals surface area contributed by atoms with Crippen LogP contribution < -0.4 is 9.64 Å². The number of hydrogen-bond donors (Lipinski definition) is 0. The Balaban J connectivity index is 1.19. The molecular formula is C26H24F3N7O3. The zero-order valence-electron chi connectivity index (χ0n) is 20.8. The highest BCUT2D eigenvalue weighted by molar-refractivity contribution is 6.05. The fraction of sp³-hybridized carbons (Fsp3) is 0.423. The second-order valence-corrected chi connectivity index (χ2v) is 10.0. The molecule has 13 heteroatoms. The van der Waals surface area contributed by atoms with Crippen LogP contribution in [0.1, 0.15) is 59.8 Å². The predicted molar refractivity (Wildman–Crippen MR) is 132 cm³/mol. The van der Waals surface area contributed by atoms with Crippen LogP contribution in [0.3, 0.4) is 0 Å². The number of alkyl halides is 3. The standard InChI is InChI=1S/C26H24F3N7O3/c27-26(28,29)25-32-31-23-24(37)34(9-10-35(23)25)17-3-4-18-19(13-17)30-8-5-20(18)39-21-14-36(16-1-2-16)33-22(21)15-6-11-38-12-7-15/h3-5,8,13-16H,1-2,6-7,9-12H2. The Hall–Kier alpha value is -4.00. The van der Waals surface area contributed by atoms with Gasteiger partial charge >= 0.3 is 6.18 Å². The van der Waals surface area contributed by atoms with Gasteiger partial charge in [0.15, 0.2) is 5.75 Å². The Morgan fingerprint density at radius 3 is 2.59 bits per heavy atom. The molecule has 2 fully saturated rings. The second kappa shape index (κ2) is 9.04. The maximum absolute atomic E-state index is 13.2. The van der Waals surface area contributed by atoms with Crippen molar-refractivity contribution in [3.05, 3.63) is 54.0 Å². The monoisotopic (exact) mass is 539 g/mol. The topological polar surface area (TPSA) is 100 Å². The average molecular weight is 540 g/mol. The van der Waals surface area contributed by atoms with Crippen LogP contribution in [0, 0.1) is 0 Å². The van der Waals surface area contributed by atoms with Crippen LogP contribution in [-0.2, 0) is 17.5 Å². The summed E-state index contributed by atoms with van der Waals surface area (Å²) in [5.74, 6) is -0.571. The first-order valence-electron chi connectivity index (χ1n) is 12.9. The maximum Gasteiger partial charge on any atom is 0.451 e. The number of fused-ring (bicyclic) bond motifs is 2. The molecule has 1 saturated carbocycles. The van der Waals surface area contributed by atoms with Crippen molar-refractivity contribution < 1.29 is 27.4 Å². The van der Waals surface area contributed by atoms with Gasteiger partial charge in [-0.05, 0) is 49.9 Å². The Morgan fingerprint density at radius 2 is 1.82 bits per heavy atom. The highest BCUT2D eigenvalue weighted by Crippen LogP contribution is 2.41. The third-order valence-corrected chi connectivity index (χ3v) is 7.46. The molecule has 1 saturated heterocycles. The first-order chi connectivity index (χ1) is 18.9. The quantitative estimate of drug-likeness (QED) is 0.362. The van der Waals surface area contributed by atoms with Crippen LogP contribution in [-0.4, -0.2) is 55.2 Å². The lowest BCUT2D eigenvalue weighted by Crippen LogP contribution is -2.41. The van der Waals surface area contributed by atoms with Crippen LogP contribution in [0.4, 0.5) is 18.9 Å². The van der Waals surface area contributed by atoms with Gasteiger partial charge < -0.3 is 14.4 Å². The Morgan fingerprint density at radius 1 is 1.00 bits per heavy atom. The number of anilines is 1. The van der Waals surface area contributed by atoms with Gasteiger partial charge in [0.2, 0.25) is 11.6 Å². The van der Waals surface area contributed by atoms with Crippen molar-refractivity contribution in [1.82, 2.24) is 29.5 Å². The number of hydrogen-bond acceptors (Lipinski definition) is 7. The van der Waals surface area contributed by atoms with Gasteiger partial charge in [-0.2, -0.15) is 18.3 Å². The van der Waals surface area contributed by atoms with Crippen molar-refractivity contribution in [2.45, 2.75) is 50.4 Å². The number of pyridine rings is 1. The molecule has 5 heterocycles. The van der Waals surface area contributed by atoms with E-state index in [-0.39, 0.29) is 24.8 Å². The zero-order chi connectivity index (χ0) is 26.7. The van der Waals surface area contributed by atoms with Gasteiger partial charge in [-0.25, -0.2) is 0 Å². The lowest BCUT2D eigenvalue weighted by molar-refractivity contribution is -0.147. The lowest BCUT2D eigenvalue weighted by atomic mass is 9.96. The van der Waals surface area contributed by atoms with Gasteiger partial charge in [-0.1, -0.05) is 0 Å². The third-order valence-electron chi connectivity index (χ3n) is 7.46. The summed E-state index contributed by atoms with van der Waals surface area (Å²) >= 11 is 0. The van der Waals surface area contributed by atoms with E-state index in [0.717, 1.165) is 47.1 Å². The van der Waals surface area contributed by atoms with Gasteiger partial charge in [0.25, 0.3) is 5.91 Å². The molecule has 202 valence electrons. The van der Waals surface area contributed by atoms with Crippen molar-refractivity contribution >= 4 is 22.5 Å². The van der Waals surface area contributed by atoms with E-state index in [1.165, 1.54) is 4.90 Å². The van der Waals surface area contributed by atoms with Crippen molar-refractivity contribution in [3.63, 3.8) is 0 Å². The molecular weight excluding hydrogens is 515 g/mol. The highest BCUT2D eigenvalue weighted by Gasteiger charge is 2.42. The summed E-state index contributed by atoms with van der Waals surface area (Å²) in [4.78, 5) is 18.9. The summed E-state index contributed by atoms with van der Waals surface area (Å²) in [5, 5.41) is 12.3. The molecule has 1 amide bonds. The van der Waals surface area contributed by atoms with E-state index < -0.39 is 17.9 Å². The molecule has 1 aliphatic carbocycles. The van der Waals surface area contributed by atoms with Crippen molar-refractivity contribution in [1.29, 1.82) is 0 Å². The summed E-state index contributed by atoms with van der Waals surface area (Å²) in [6.07, 6.45) is 2.92. The minimum absolute atomic E-state index is 0.0451. The van der Waals surface area contributed by atoms with Crippen LogP contribution >= 0.6 is 0 Å². The summed E-state index contributed by atoms with van der Waals surface area (Å²) < 4.78 is 54.5. The molecule has 0 atom stereocenters. The number of halogens is 3. The Labute approximate surface area is 220 Å². The van der Waals surface area contributed by atoms with E-state index in [9.17, 15) is 18.0 Å². The lowest BCUT2D eigenvalue weighted by Gasteiger charge is -2.28. The number of aromatic nitrogens is 6. The molecule has 0 unspecified atom stereocenters. The van der Waals surface area contributed by atoms with E-state index in [4.69, 9.17) is 14.6 Å². The molecule has 3 aromatic heterocycles. The van der Waals surface area contributed by atoms with Crippen LogP contribution in [0.25, 0.3) is 10.9 Å². The van der Waals surface area contributed by atoms with Gasteiger partial charge in [0.05, 0.1) is 17.8 Å². The summed E-state index contributed by atoms with van der Waals surface area (Å²) in [5.41, 5.74) is 2.03. The molecule has 3 aliphatic rings. The fourth-order valence-corrected chi connectivity index (χ4v) is 5.28. The first-order valence-corrected chi connectivity index (χ1v) is 12.9. The molecule has 0 bridgehead atoms. The average Bonchev–Trinajstić information content (AvgIpc) is 3.53. The molecule has 0 radical (unpaired) electrons. The SMILES string of the molecule is O=C1c2nnc(C(F)(F)F)n2CCN1c1ccc2c(Oc3cn(C4CC4)nc3C3CCOCC3)ccnc2c1. The maximum atomic E-state index is 13.2. The molecule has 7 rings (SSSR count). The molecule has 0 spiro atoms. The largest absolute Gasteiger partial charge is 0.453 e. The zero-order valence-corrected chi connectivity index (χ0v) is 20.8. The second-order valence-electron chi connectivity index (χ2n) is 10.0. The smallest absolute Gasteiger partial charge is 0.451 e. The molecule has 4 aromatic rings. The van der Waals surface area contributed by atoms with E-state index in [1.54, 1.807) is 30.5 Å². The van der Waals surface area contributed by atoms with E-state index in [2.05, 4.69) is 15.2 Å². The normalized spacial score (nSPS) is 18.5. The van der Waals surface area contributed by atoms with Gasteiger partial charge in [0.1, 0.15) is 11.4 Å². The minimum atomic E-state index is -4.68. The number of rotatable bonds is 5. The van der Waals surface area contributed by atoms with Crippen molar-refractivity contribution in [2.24, 2.45) is 0 Å². The number of ether oxygens (including phenoxy) is 2. The molecule has 1 aromatic carbocycles. The highest BCUT2D eigenvalue weighted by atomic mass is 19.4. The first kappa shape index (κ1) is 24.1. The van der Waals surface area contributed by atoms with E-state index in [0.29, 0.717) is 36.2 Å². The van der Waals surface area contributed by atoms with E-state index >= 15 is 0 Å². The number of amides is 1. The molecule has 0 N–H and O–H groups in total. The van der Waals surface area contributed by atoms with Crippen molar-refractivity contribution in [2.75, 3.05) is 24.7 Å². The van der Waals surface area contributed by atoms with Crippen molar-refractivity contribution in [3.8, 4) is 11.5 Å². The third kappa shape index (κ3) is 4.30. The Kier molecular flexibility index (Phi) is 5.58. The van der Waals surface area contributed by atoms with Gasteiger partial charge in [-0.3, -0.25) is 19.0 Å². The summed E-state index contributed by atoms with van der Waals surface area (Å²) in [6.45, 7) is 1.37. The van der Waals surface area contributed by atoms with Gasteiger partial charge in [-0.15, -0.1) is 10.2 Å². The number of nitrogens with zero attached hydrogens (tertiary/aromatic N) is 7. The number of carbonyl (C=O) groups is 1.